The van der Waals surface area contributed by atoms with E-state index in [0.29, 0.717) is 11.3 Å². The van der Waals surface area contributed by atoms with E-state index in [4.69, 9.17) is 15.1 Å². The van der Waals surface area contributed by atoms with Crippen LogP contribution in [-0.2, 0) is 4.79 Å². The summed E-state index contributed by atoms with van der Waals surface area (Å²) in [6, 6.07) is 12.4. The van der Waals surface area contributed by atoms with Gasteiger partial charge in [-0.15, -0.1) is 0 Å². The third kappa shape index (κ3) is 3.91. The fourth-order valence-electron chi connectivity index (χ4n) is 1.64. The summed E-state index contributed by atoms with van der Waals surface area (Å²) in [6.45, 7) is 0. The van der Waals surface area contributed by atoms with Crippen molar-refractivity contribution >= 4 is 12.0 Å². The van der Waals surface area contributed by atoms with Crippen molar-refractivity contribution in [1.29, 1.82) is 5.26 Å². The van der Waals surface area contributed by atoms with E-state index in [0.717, 1.165) is 12.1 Å². The Balaban J connectivity index is 2.20. The number of hydrogen-bond acceptors (Lipinski definition) is 3. The van der Waals surface area contributed by atoms with Crippen LogP contribution < -0.4 is 4.74 Å². The van der Waals surface area contributed by atoms with E-state index in [9.17, 15) is 9.18 Å². The van der Waals surface area contributed by atoms with Gasteiger partial charge >= 0.3 is 5.97 Å². The third-order valence-corrected chi connectivity index (χ3v) is 2.57. The number of aliphatic carboxylic acids is 1. The SMILES string of the molecule is N#Cc1ccc(Oc2cccc(/C=C/C(=O)O)c2)cc1F. The third-order valence-electron chi connectivity index (χ3n) is 2.57. The van der Waals surface area contributed by atoms with Crippen molar-refractivity contribution in [3.63, 3.8) is 0 Å². The fourth-order valence-corrected chi connectivity index (χ4v) is 1.64. The Morgan fingerprint density at radius 1 is 1.24 bits per heavy atom. The van der Waals surface area contributed by atoms with Crippen LogP contribution in [0.1, 0.15) is 11.1 Å². The van der Waals surface area contributed by atoms with Gasteiger partial charge in [0.1, 0.15) is 23.4 Å². The number of hydrogen-bond donors (Lipinski definition) is 1. The molecule has 0 spiro atoms. The number of carbonyl (C=O) groups is 1. The molecule has 0 saturated heterocycles. The van der Waals surface area contributed by atoms with Gasteiger partial charge in [0.2, 0.25) is 0 Å². The molecule has 0 atom stereocenters. The molecule has 0 fully saturated rings. The quantitative estimate of drug-likeness (QED) is 0.870. The molecule has 4 nitrogen and oxygen atoms in total. The first-order chi connectivity index (χ1) is 10.1. The normalized spacial score (nSPS) is 10.3. The number of rotatable bonds is 4. The summed E-state index contributed by atoms with van der Waals surface area (Å²) >= 11 is 0. The van der Waals surface area contributed by atoms with Crippen LogP contribution >= 0.6 is 0 Å². The highest BCUT2D eigenvalue weighted by Gasteiger charge is 2.04. The van der Waals surface area contributed by atoms with Crippen LogP contribution in [0.15, 0.2) is 48.5 Å². The lowest BCUT2D eigenvalue weighted by atomic mass is 10.2. The lowest BCUT2D eigenvalue weighted by Gasteiger charge is -2.06. The van der Waals surface area contributed by atoms with Crippen molar-refractivity contribution in [2.75, 3.05) is 0 Å². The molecule has 2 rings (SSSR count). The molecule has 0 aliphatic carbocycles. The molecule has 2 aromatic carbocycles. The van der Waals surface area contributed by atoms with Crippen LogP contribution in [-0.4, -0.2) is 11.1 Å². The summed E-state index contributed by atoms with van der Waals surface area (Å²) in [5.74, 6) is -1.01. The van der Waals surface area contributed by atoms with Gasteiger partial charge in [-0.3, -0.25) is 0 Å². The molecule has 0 aromatic heterocycles. The number of nitriles is 1. The van der Waals surface area contributed by atoms with Crippen LogP contribution in [0.4, 0.5) is 4.39 Å². The number of benzene rings is 2. The first kappa shape index (κ1) is 14.3. The summed E-state index contributed by atoms with van der Waals surface area (Å²) in [5, 5.41) is 17.2. The van der Waals surface area contributed by atoms with Crippen molar-refractivity contribution in [1.82, 2.24) is 0 Å². The van der Waals surface area contributed by atoms with Gasteiger partial charge in [0.25, 0.3) is 0 Å². The molecule has 0 radical (unpaired) electrons. The van der Waals surface area contributed by atoms with E-state index in [-0.39, 0.29) is 11.3 Å². The predicted octanol–water partition coefficient (Wildman–Crippen LogP) is 3.59. The zero-order chi connectivity index (χ0) is 15.2. The Labute approximate surface area is 120 Å². The maximum absolute atomic E-state index is 13.5. The Hall–Kier alpha value is -3.13. The smallest absolute Gasteiger partial charge is 0.328 e. The highest BCUT2D eigenvalue weighted by atomic mass is 19.1. The lowest BCUT2D eigenvalue weighted by Crippen LogP contribution is -1.89. The van der Waals surface area contributed by atoms with Gasteiger partial charge in [0, 0.05) is 12.1 Å². The molecule has 104 valence electrons. The summed E-state index contributed by atoms with van der Waals surface area (Å²) in [7, 11) is 0. The molecule has 0 bridgehead atoms. The predicted molar refractivity (Wildman–Crippen MR) is 74.3 cm³/mol. The molecule has 0 aliphatic heterocycles. The second-order valence-corrected chi connectivity index (χ2v) is 4.10. The standard InChI is InChI=1S/C16H10FNO3/c17-15-9-14(6-5-12(15)10-18)21-13-3-1-2-11(8-13)4-7-16(19)20/h1-9H,(H,19,20)/b7-4+. The Morgan fingerprint density at radius 3 is 2.67 bits per heavy atom. The molecule has 0 saturated carbocycles. The van der Waals surface area contributed by atoms with Gasteiger partial charge in [0.05, 0.1) is 5.56 Å². The zero-order valence-corrected chi connectivity index (χ0v) is 10.8. The van der Waals surface area contributed by atoms with E-state index in [1.54, 1.807) is 30.3 Å². The Bertz CT molecular complexity index is 747. The average Bonchev–Trinajstić information content (AvgIpc) is 2.46. The number of carboxylic acids is 1. The molecule has 0 aliphatic rings. The molecule has 0 unspecified atom stereocenters. The highest BCUT2D eigenvalue weighted by molar-refractivity contribution is 5.85. The molecule has 1 N–H and O–H groups in total. The lowest BCUT2D eigenvalue weighted by molar-refractivity contribution is -0.131. The van der Waals surface area contributed by atoms with Gasteiger partial charge in [0.15, 0.2) is 0 Å². The van der Waals surface area contributed by atoms with Crippen LogP contribution in [0.25, 0.3) is 6.08 Å². The largest absolute Gasteiger partial charge is 0.478 e. The summed E-state index contributed by atoms with van der Waals surface area (Å²) in [5.41, 5.74) is 0.588. The van der Waals surface area contributed by atoms with Crippen molar-refractivity contribution in [2.24, 2.45) is 0 Å². The monoisotopic (exact) mass is 283 g/mol. The van der Waals surface area contributed by atoms with E-state index in [2.05, 4.69) is 0 Å². The van der Waals surface area contributed by atoms with E-state index in [1.165, 1.54) is 18.2 Å². The van der Waals surface area contributed by atoms with Gasteiger partial charge in [-0.2, -0.15) is 5.26 Å². The maximum atomic E-state index is 13.5. The molecule has 0 heterocycles. The van der Waals surface area contributed by atoms with Gasteiger partial charge in [-0.1, -0.05) is 12.1 Å². The van der Waals surface area contributed by atoms with Crippen LogP contribution in [0.5, 0.6) is 11.5 Å². The van der Waals surface area contributed by atoms with E-state index >= 15 is 0 Å². The van der Waals surface area contributed by atoms with Gasteiger partial charge < -0.3 is 9.84 Å². The topological polar surface area (TPSA) is 70.3 Å². The van der Waals surface area contributed by atoms with Crippen molar-refractivity contribution in [3.8, 4) is 17.6 Å². The van der Waals surface area contributed by atoms with Crippen molar-refractivity contribution in [2.45, 2.75) is 0 Å². The van der Waals surface area contributed by atoms with E-state index < -0.39 is 11.8 Å². The second kappa shape index (κ2) is 6.35. The summed E-state index contributed by atoms with van der Waals surface area (Å²) < 4.78 is 18.9. The minimum absolute atomic E-state index is 0.0551. The zero-order valence-electron chi connectivity index (χ0n) is 10.8. The number of ether oxygens (including phenoxy) is 1. The molecule has 0 amide bonds. The second-order valence-electron chi connectivity index (χ2n) is 4.10. The molecule has 5 heteroatoms. The first-order valence-electron chi connectivity index (χ1n) is 5.97. The molecule has 21 heavy (non-hydrogen) atoms. The summed E-state index contributed by atoms with van der Waals surface area (Å²) in [6.07, 6.45) is 2.44. The minimum atomic E-state index is -1.05. The van der Waals surface area contributed by atoms with Crippen LogP contribution in [0, 0.1) is 17.1 Å². The number of nitrogens with zero attached hydrogens (tertiary/aromatic N) is 1. The fraction of sp³-hybridized carbons (Fsp3) is 0. The van der Waals surface area contributed by atoms with Gasteiger partial charge in [-0.25, -0.2) is 9.18 Å². The Morgan fingerprint density at radius 2 is 2.00 bits per heavy atom. The molecular weight excluding hydrogens is 273 g/mol. The number of halogens is 1. The van der Waals surface area contributed by atoms with Crippen LogP contribution in [0.3, 0.4) is 0 Å². The van der Waals surface area contributed by atoms with Crippen LogP contribution in [0.2, 0.25) is 0 Å². The molecule has 2 aromatic rings. The summed E-state index contributed by atoms with van der Waals surface area (Å²) in [4.78, 5) is 10.5. The van der Waals surface area contributed by atoms with Gasteiger partial charge in [-0.05, 0) is 35.9 Å². The minimum Gasteiger partial charge on any atom is -0.478 e. The number of carboxylic acid groups (broad SMARTS) is 1. The van der Waals surface area contributed by atoms with E-state index in [1.807, 2.05) is 0 Å². The average molecular weight is 283 g/mol. The first-order valence-corrected chi connectivity index (χ1v) is 5.97. The molecular formula is C16H10FNO3. The van der Waals surface area contributed by atoms with Crippen molar-refractivity contribution in [3.05, 3.63) is 65.5 Å². The highest BCUT2D eigenvalue weighted by Crippen LogP contribution is 2.24. The Kier molecular flexibility index (Phi) is 4.32. The van der Waals surface area contributed by atoms with Crippen molar-refractivity contribution < 1.29 is 19.0 Å². The maximum Gasteiger partial charge on any atom is 0.328 e.